The van der Waals surface area contributed by atoms with E-state index in [9.17, 15) is 0 Å². The quantitative estimate of drug-likeness (QED) is 0.777. The van der Waals surface area contributed by atoms with Gasteiger partial charge in [-0.05, 0) is 42.3 Å². The lowest BCUT2D eigenvalue weighted by Crippen LogP contribution is -2.01. The number of rotatable bonds is 3. The Morgan fingerprint density at radius 1 is 1.10 bits per heavy atom. The number of aromatic amines is 1. The summed E-state index contributed by atoms with van der Waals surface area (Å²) in [5.41, 5.74) is 10.4. The lowest BCUT2D eigenvalue weighted by atomic mass is 10.0. The van der Waals surface area contributed by atoms with Gasteiger partial charge >= 0.3 is 0 Å². The van der Waals surface area contributed by atoms with Gasteiger partial charge in [-0.25, -0.2) is 0 Å². The number of nitrogens with one attached hydrogen (secondary N) is 1. The molecule has 0 atom stereocenters. The maximum Gasteiger partial charge on any atom is 0.0457 e. The highest BCUT2D eigenvalue weighted by molar-refractivity contribution is 5.88. The van der Waals surface area contributed by atoms with Gasteiger partial charge in [-0.15, -0.1) is 24.8 Å². The molecule has 3 rings (SSSR count). The zero-order valence-corrected chi connectivity index (χ0v) is 12.5. The molecule has 20 heavy (non-hydrogen) atoms. The van der Waals surface area contributed by atoms with Crippen molar-refractivity contribution in [2.75, 3.05) is 6.54 Å². The minimum Gasteiger partial charge on any atom is -0.361 e. The zero-order valence-electron chi connectivity index (χ0n) is 10.9. The molecule has 0 saturated carbocycles. The van der Waals surface area contributed by atoms with Gasteiger partial charge in [0.2, 0.25) is 0 Å². The Hall–Kier alpha value is -1.55. The second-order valence-corrected chi connectivity index (χ2v) is 4.35. The summed E-state index contributed by atoms with van der Waals surface area (Å²) in [6.45, 7) is 0.671. The summed E-state index contributed by atoms with van der Waals surface area (Å²) in [6.07, 6.45) is 6.62. The largest absolute Gasteiger partial charge is 0.361 e. The molecule has 2 heterocycles. The lowest BCUT2D eigenvalue weighted by Gasteiger charge is -2.02. The standard InChI is InChI=1S/C15H15N3.2ClH/c16-6-5-13-10-18-15-4-3-11(8-14(13)15)12-2-1-7-17-9-12;;/h1-4,7-10,18H,5-6,16H2;2*1H. The number of nitrogens with zero attached hydrogens (tertiary/aromatic N) is 1. The third kappa shape index (κ3) is 3.12. The Morgan fingerprint density at radius 2 is 1.95 bits per heavy atom. The van der Waals surface area contributed by atoms with Crippen molar-refractivity contribution in [1.82, 2.24) is 9.97 Å². The van der Waals surface area contributed by atoms with Gasteiger partial charge in [0, 0.05) is 35.1 Å². The van der Waals surface area contributed by atoms with E-state index in [0.29, 0.717) is 6.54 Å². The number of H-pyrrole nitrogens is 1. The normalized spacial score (nSPS) is 9.85. The monoisotopic (exact) mass is 309 g/mol. The Morgan fingerprint density at radius 3 is 2.65 bits per heavy atom. The molecule has 0 amide bonds. The van der Waals surface area contributed by atoms with Crippen LogP contribution >= 0.6 is 24.8 Å². The molecule has 106 valence electrons. The van der Waals surface area contributed by atoms with Crippen molar-refractivity contribution in [2.45, 2.75) is 6.42 Å². The molecule has 5 heteroatoms. The van der Waals surface area contributed by atoms with Crippen LogP contribution in [0.4, 0.5) is 0 Å². The highest BCUT2D eigenvalue weighted by atomic mass is 35.5. The van der Waals surface area contributed by atoms with Crippen molar-refractivity contribution in [3.05, 3.63) is 54.5 Å². The predicted octanol–water partition coefficient (Wildman–Crippen LogP) is 3.57. The van der Waals surface area contributed by atoms with Crippen LogP contribution in [0.15, 0.2) is 48.9 Å². The van der Waals surface area contributed by atoms with Gasteiger partial charge in [-0.3, -0.25) is 4.98 Å². The minimum atomic E-state index is 0. The Kier molecular flexibility index (Phi) is 6.02. The van der Waals surface area contributed by atoms with E-state index >= 15 is 0 Å². The van der Waals surface area contributed by atoms with E-state index in [1.54, 1.807) is 6.20 Å². The average Bonchev–Trinajstić information content (AvgIpc) is 2.83. The van der Waals surface area contributed by atoms with Gasteiger partial charge in [0.25, 0.3) is 0 Å². The fourth-order valence-corrected chi connectivity index (χ4v) is 2.25. The minimum absolute atomic E-state index is 0. The van der Waals surface area contributed by atoms with E-state index in [4.69, 9.17) is 5.73 Å². The van der Waals surface area contributed by atoms with Crippen LogP contribution < -0.4 is 5.73 Å². The summed E-state index contributed by atoms with van der Waals surface area (Å²) in [4.78, 5) is 7.44. The first-order valence-corrected chi connectivity index (χ1v) is 6.09. The number of aromatic nitrogens is 2. The maximum absolute atomic E-state index is 5.64. The number of halogens is 2. The van der Waals surface area contributed by atoms with E-state index in [0.717, 1.165) is 17.5 Å². The van der Waals surface area contributed by atoms with Crippen LogP contribution in [0.3, 0.4) is 0 Å². The van der Waals surface area contributed by atoms with Gasteiger partial charge in [-0.2, -0.15) is 0 Å². The Bertz CT molecular complexity index is 665. The number of fused-ring (bicyclic) bond motifs is 1. The first-order chi connectivity index (χ1) is 8.88. The van der Waals surface area contributed by atoms with Gasteiger partial charge in [0.1, 0.15) is 0 Å². The number of hydrogen-bond acceptors (Lipinski definition) is 2. The molecule has 0 spiro atoms. The van der Waals surface area contributed by atoms with Crippen molar-refractivity contribution < 1.29 is 0 Å². The molecule has 0 aliphatic heterocycles. The fraction of sp³-hybridized carbons (Fsp3) is 0.133. The van der Waals surface area contributed by atoms with Gasteiger partial charge < -0.3 is 10.7 Å². The second-order valence-electron chi connectivity index (χ2n) is 4.35. The zero-order chi connectivity index (χ0) is 12.4. The molecule has 0 fully saturated rings. The number of nitrogens with two attached hydrogens (primary N) is 1. The van der Waals surface area contributed by atoms with E-state index < -0.39 is 0 Å². The van der Waals surface area contributed by atoms with Gasteiger partial charge in [0.15, 0.2) is 0 Å². The predicted molar refractivity (Wildman–Crippen MR) is 88.8 cm³/mol. The van der Waals surface area contributed by atoms with Crippen molar-refractivity contribution >= 4 is 35.7 Å². The van der Waals surface area contributed by atoms with Crippen LogP contribution in [0, 0.1) is 0 Å². The highest BCUT2D eigenvalue weighted by Gasteiger charge is 2.05. The molecule has 0 radical (unpaired) electrons. The fourth-order valence-electron chi connectivity index (χ4n) is 2.25. The summed E-state index contributed by atoms with van der Waals surface area (Å²) in [6, 6.07) is 10.5. The summed E-state index contributed by atoms with van der Waals surface area (Å²) in [5, 5.41) is 1.25. The van der Waals surface area contributed by atoms with Crippen molar-refractivity contribution in [1.29, 1.82) is 0 Å². The first-order valence-electron chi connectivity index (χ1n) is 6.09. The molecule has 2 aromatic heterocycles. The van der Waals surface area contributed by atoms with E-state index in [-0.39, 0.29) is 24.8 Å². The van der Waals surface area contributed by atoms with E-state index in [2.05, 4.69) is 34.2 Å². The van der Waals surface area contributed by atoms with Crippen LogP contribution in [0.1, 0.15) is 5.56 Å². The van der Waals surface area contributed by atoms with Crippen LogP contribution in [0.2, 0.25) is 0 Å². The summed E-state index contributed by atoms with van der Waals surface area (Å²) in [7, 11) is 0. The topological polar surface area (TPSA) is 54.7 Å². The van der Waals surface area contributed by atoms with Gasteiger partial charge in [-0.1, -0.05) is 12.1 Å². The molecule has 3 N–H and O–H groups in total. The van der Waals surface area contributed by atoms with Crippen LogP contribution in [-0.2, 0) is 6.42 Å². The van der Waals surface area contributed by atoms with E-state index in [1.807, 2.05) is 18.5 Å². The second kappa shape index (κ2) is 7.29. The molecule has 0 unspecified atom stereocenters. The molecule has 0 saturated heterocycles. The van der Waals surface area contributed by atoms with Crippen molar-refractivity contribution in [2.24, 2.45) is 5.73 Å². The van der Waals surface area contributed by atoms with Gasteiger partial charge in [0.05, 0.1) is 0 Å². The van der Waals surface area contributed by atoms with E-state index in [1.165, 1.54) is 16.5 Å². The first kappa shape index (κ1) is 16.5. The lowest BCUT2D eigenvalue weighted by molar-refractivity contribution is 0.976. The average molecular weight is 310 g/mol. The number of hydrogen-bond donors (Lipinski definition) is 2. The molecular formula is C15H17Cl2N3. The summed E-state index contributed by atoms with van der Waals surface area (Å²) >= 11 is 0. The Labute approximate surface area is 130 Å². The molecular weight excluding hydrogens is 293 g/mol. The molecule has 0 aliphatic carbocycles. The van der Waals surface area contributed by atoms with Crippen molar-refractivity contribution in [3.63, 3.8) is 0 Å². The third-order valence-electron chi connectivity index (χ3n) is 3.18. The van der Waals surface area contributed by atoms with Crippen LogP contribution in [0.25, 0.3) is 22.0 Å². The maximum atomic E-state index is 5.64. The molecule has 0 aliphatic rings. The summed E-state index contributed by atoms with van der Waals surface area (Å²) in [5.74, 6) is 0. The number of benzene rings is 1. The Balaban J connectivity index is 0.000001000. The number of pyridine rings is 1. The SMILES string of the molecule is Cl.Cl.NCCc1c[nH]c2ccc(-c3cccnc3)cc12. The molecule has 3 nitrogen and oxygen atoms in total. The van der Waals surface area contributed by atoms with Crippen LogP contribution in [0.5, 0.6) is 0 Å². The summed E-state index contributed by atoms with van der Waals surface area (Å²) < 4.78 is 0. The van der Waals surface area contributed by atoms with Crippen molar-refractivity contribution in [3.8, 4) is 11.1 Å². The third-order valence-corrected chi connectivity index (χ3v) is 3.18. The smallest absolute Gasteiger partial charge is 0.0457 e. The highest BCUT2D eigenvalue weighted by Crippen LogP contribution is 2.25. The molecule has 1 aromatic carbocycles. The molecule has 0 bridgehead atoms. The molecule has 3 aromatic rings. The van der Waals surface area contributed by atoms with Crippen LogP contribution in [-0.4, -0.2) is 16.5 Å².